The minimum atomic E-state index is 0.535. The maximum absolute atomic E-state index is 11.3. The largest absolute Gasteiger partial charge is 0.493 e. The molecule has 0 saturated carbocycles. The van der Waals surface area contributed by atoms with Gasteiger partial charge in [-0.1, -0.05) is 12.6 Å². The molecule has 134 valence electrons. The molecule has 26 heavy (non-hydrogen) atoms. The van der Waals surface area contributed by atoms with E-state index in [1.165, 1.54) is 0 Å². The summed E-state index contributed by atoms with van der Waals surface area (Å²) in [6.07, 6.45) is 2.69. The first-order chi connectivity index (χ1) is 12.5. The van der Waals surface area contributed by atoms with E-state index in [0.29, 0.717) is 22.8 Å². The van der Waals surface area contributed by atoms with Crippen LogP contribution in [0.25, 0.3) is 16.5 Å². The van der Waals surface area contributed by atoms with E-state index in [9.17, 15) is 4.79 Å². The highest BCUT2D eigenvalue weighted by Crippen LogP contribution is 2.41. The number of hydrogen-bond acceptors (Lipinski definition) is 4. The normalized spacial score (nSPS) is 10.6. The van der Waals surface area contributed by atoms with Crippen molar-refractivity contribution in [2.45, 2.75) is 0 Å². The molecule has 5 heteroatoms. The molecule has 0 unspecified atom stereocenters. The third kappa shape index (κ3) is 2.81. The van der Waals surface area contributed by atoms with Gasteiger partial charge in [0.1, 0.15) is 0 Å². The lowest BCUT2D eigenvalue weighted by atomic mass is 9.97. The summed E-state index contributed by atoms with van der Waals surface area (Å²) in [6.45, 7) is 4.22. The number of fused-ring (bicyclic) bond motifs is 1. The van der Waals surface area contributed by atoms with Gasteiger partial charge < -0.3 is 18.8 Å². The second-order valence-corrected chi connectivity index (χ2v) is 5.94. The third-order valence-corrected chi connectivity index (χ3v) is 4.51. The second-order valence-electron chi connectivity index (χ2n) is 5.94. The minimum Gasteiger partial charge on any atom is -0.493 e. The van der Waals surface area contributed by atoms with Crippen molar-refractivity contribution in [1.29, 1.82) is 0 Å². The standard InChI is InChI=1S/C21H21NO4/c1-13(15-9-19(24-3)21(26-5)20(10-15)25-4)14-6-7-18-17(8-14)16(12-23)11-22(18)2/h6-12H,1H2,2-5H3. The van der Waals surface area contributed by atoms with Gasteiger partial charge in [-0.15, -0.1) is 0 Å². The van der Waals surface area contributed by atoms with E-state index in [1.54, 1.807) is 21.3 Å². The van der Waals surface area contributed by atoms with Crippen LogP contribution in [0.5, 0.6) is 17.2 Å². The number of benzene rings is 2. The van der Waals surface area contributed by atoms with Crippen molar-refractivity contribution in [3.8, 4) is 17.2 Å². The first kappa shape index (κ1) is 17.6. The molecule has 0 aliphatic carbocycles. The van der Waals surface area contributed by atoms with E-state index in [-0.39, 0.29) is 0 Å². The molecule has 0 spiro atoms. The number of ether oxygens (including phenoxy) is 3. The molecule has 5 nitrogen and oxygen atoms in total. The number of nitrogens with zero attached hydrogens (tertiary/aromatic N) is 1. The summed E-state index contributed by atoms with van der Waals surface area (Å²) < 4.78 is 18.1. The maximum atomic E-state index is 11.3. The summed E-state index contributed by atoms with van der Waals surface area (Å²) in [5.74, 6) is 1.67. The lowest BCUT2D eigenvalue weighted by molar-refractivity contribution is 0.112. The molecule has 3 rings (SSSR count). The molecule has 0 N–H and O–H groups in total. The summed E-state index contributed by atoms with van der Waals surface area (Å²) in [6, 6.07) is 9.67. The summed E-state index contributed by atoms with van der Waals surface area (Å²) in [5, 5.41) is 0.897. The van der Waals surface area contributed by atoms with Crippen LogP contribution in [0.3, 0.4) is 0 Å². The highest BCUT2D eigenvalue weighted by atomic mass is 16.5. The average molecular weight is 351 g/mol. The van der Waals surface area contributed by atoms with Gasteiger partial charge in [0, 0.05) is 29.7 Å². The number of rotatable bonds is 6. The van der Waals surface area contributed by atoms with E-state index >= 15 is 0 Å². The Bertz CT molecular complexity index is 976. The second kappa shape index (κ2) is 6.96. The Hall–Kier alpha value is -3.21. The van der Waals surface area contributed by atoms with Gasteiger partial charge in [0.05, 0.1) is 21.3 Å². The molecular weight excluding hydrogens is 330 g/mol. The van der Waals surface area contributed by atoms with E-state index in [4.69, 9.17) is 14.2 Å². The van der Waals surface area contributed by atoms with Crippen LogP contribution in [0.2, 0.25) is 0 Å². The summed E-state index contributed by atoms with van der Waals surface area (Å²) in [7, 11) is 6.65. The highest BCUT2D eigenvalue weighted by Gasteiger charge is 2.16. The third-order valence-electron chi connectivity index (χ3n) is 4.51. The Morgan fingerprint density at radius 2 is 1.65 bits per heavy atom. The van der Waals surface area contributed by atoms with Crippen molar-refractivity contribution in [3.63, 3.8) is 0 Å². The molecule has 2 aromatic carbocycles. The van der Waals surface area contributed by atoms with Crippen molar-refractivity contribution in [1.82, 2.24) is 4.57 Å². The maximum Gasteiger partial charge on any atom is 0.203 e. The molecule has 0 aliphatic rings. The van der Waals surface area contributed by atoms with Crippen LogP contribution in [0, 0.1) is 0 Å². The molecule has 0 aliphatic heterocycles. The van der Waals surface area contributed by atoms with E-state index in [1.807, 2.05) is 48.1 Å². The number of methoxy groups -OCH3 is 3. The lowest BCUT2D eigenvalue weighted by Crippen LogP contribution is -1.97. The van der Waals surface area contributed by atoms with Gasteiger partial charge in [-0.25, -0.2) is 0 Å². The number of carbonyl (C=O) groups excluding carboxylic acids is 1. The zero-order valence-electron chi connectivity index (χ0n) is 15.3. The molecule has 0 bridgehead atoms. The lowest BCUT2D eigenvalue weighted by Gasteiger charge is -2.15. The molecule has 3 aromatic rings. The van der Waals surface area contributed by atoms with E-state index in [0.717, 1.165) is 33.9 Å². The van der Waals surface area contributed by atoms with Crippen molar-refractivity contribution in [3.05, 3.63) is 59.8 Å². The highest BCUT2D eigenvalue weighted by molar-refractivity contribution is 5.99. The summed E-state index contributed by atoms with van der Waals surface area (Å²) in [5.41, 5.74) is 4.21. The topological polar surface area (TPSA) is 49.7 Å². The molecule has 0 atom stereocenters. The van der Waals surface area contributed by atoms with Crippen molar-refractivity contribution >= 4 is 22.8 Å². The van der Waals surface area contributed by atoms with Crippen LogP contribution in [0.1, 0.15) is 21.5 Å². The summed E-state index contributed by atoms with van der Waals surface area (Å²) >= 11 is 0. The average Bonchev–Trinajstić information content (AvgIpc) is 3.01. The molecule has 1 heterocycles. The number of aryl methyl sites for hydroxylation is 1. The number of hydrogen-bond donors (Lipinski definition) is 0. The Morgan fingerprint density at radius 1 is 1.00 bits per heavy atom. The van der Waals surface area contributed by atoms with Gasteiger partial charge in [-0.2, -0.15) is 0 Å². The zero-order valence-corrected chi connectivity index (χ0v) is 15.3. The number of aromatic nitrogens is 1. The summed E-state index contributed by atoms with van der Waals surface area (Å²) in [4.78, 5) is 11.3. The van der Waals surface area contributed by atoms with Crippen LogP contribution in [0.15, 0.2) is 43.1 Å². The van der Waals surface area contributed by atoms with Crippen molar-refractivity contribution < 1.29 is 19.0 Å². The van der Waals surface area contributed by atoms with Gasteiger partial charge in [0.25, 0.3) is 0 Å². The van der Waals surface area contributed by atoms with Crippen LogP contribution in [-0.2, 0) is 7.05 Å². The Morgan fingerprint density at radius 3 is 2.19 bits per heavy atom. The monoisotopic (exact) mass is 351 g/mol. The first-order valence-corrected chi connectivity index (χ1v) is 8.08. The zero-order chi connectivity index (χ0) is 18.8. The minimum absolute atomic E-state index is 0.535. The van der Waals surface area contributed by atoms with Crippen LogP contribution in [-0.4, -0.2) is 32.2 Å². The van der Waals surface area contributed by atoms with E-state index in [2.05, 4.69) is 6.58 Å². The fourth-order valence-electron chi connectivity index (χ4n) is 3.13. The number of carbonyl (C=O) groups is 1. The molecule has 1 aromatic heterocycles. The van der Waals surface area contributed by atoms with Gasteiger partial charge in [-0.05, 0) is 41.0 Å². The van der Waals surface area contributed by atoms with Crippen LogP contribution in [0.4, 0.5) is 0 Å². The Labute approximate surface area is 152 Å². The predicted octanol–water partition coefficient (Wildman–Crippen LogP) is 4.08. The van der Waals surface area contributed by atoms with Crippen molar-refractivity contribution in [2.75, 3.05) is 21.3 Å². The SMILES string of the molecule is C=C(c1cc(OC)c(OC)c(OC)c1)c1ccc2c(c1)c(C=O)cn2C. The molecule has 0 radical (unpaired) electrons. The molecular formula is C21H21NO4. The van der Waals surface area contributed by atoms with Gasteiger partial charge in [0.2, 0.25) is 5.75 Å². The van der Waals surface area contributed by atoms with Crippen LogP contribution >= 0.6 is 0 Å². The number of aldehydes is 1. The fourth-order valence-corrected chi connectivity index (χ4v) is 3.13. The molecule has 0 amide bonds. The van der Waals surface area contributed by atoms with Gasteiger partial charge in [0.15, 0.2) is 17.8 Å². The molecule has 0 fully saturated rings. The van der Waals surface area contributed by atoms with Gasteiger partial charge in [-0.3, -0.25) is 4.79 Å². The quantitative estimate of drug-likeness (QED) is 0.628. The Kier molecular flexibility index (Phi) is 4.71. The first-order valence-electron chi connectivity index (χ1n) is 8.08. The smallest absolute Gasteiger partial charge is 0.203 e. The fraction of sp³-hybridized carbons (Fsp3) is 0.190. The van der Waals surface area contributed by atoms with E-state index < -0.39 is 0 Å². The van der Waals surface area contributed by atoms with Gasteiger partial charge >= 0.3 is 0 Å². The van der Waals surface area contributed by atoms with Crippen molar-refractivity contribution in [2.24, 2.45) is 7.05 Å². The Balaban J connectivity index is 2.12. The molecule has 0 saturated heterocycles. The predicted molar refractivity (Wildman–Crippen MR) is 103 cm³/mol. The van der Waals surface area contributed by atoms with Crippen LogP contribution < -0.4 is 14.2 Å².